The molecule has 0 bridgehead atoms. The van der Waals surface area contributed by atoms with Crippen LogP contribution in [0.2, 0.25) is 0 Å². The summed E-state index contributed by atoms with van der Waals surface area (Å²) in [5.74, 6) is 0. The van der Waals surface area contributed by atoms with Gasteiger partial charge in [0.2, 0.25) is 0 Å². The normalized spacial score (nSPS) is 10.9. The van der Waals surface area contributed by atoms with E-state index in [4.69, 9.17) is 5.73 Å². The van der Waals surface area contributed by atoms with Crippen LogP contribution in [-0.2, 0) is 0 Å². The van der Waals surface area contributed by atoms with Gasteiger partial charge in [0.15, 0.2) is 5.13 Å². The highest BCUT2D eigenvalue weighted by atomic mass is 32.1. The van der Waals surface area contributed by atoms with E-state index in [-0.39, 0.29) is 0 Å². The largest absolute Gasteiger partial charge is 0.375 e. The zero-order valence-electron chi connectivity index (χ0n) is 7.79. The maximum atomic E-state index is 5.64. The van der Waals surface area contributed by atoms with Crippen molar-refractivity contribution < 1.29 is 0 Å². The Hall–Kier alpha value is -1.88. The average molecular weight is 216 g/mol. The molecule has 4 nitrogen and oxygen atoms in total. The molecule has 0 aliphatic carbocycles. The van der Waals surface area contributed by atoms with Gasteiger partial charge in [-0.25, -0.2) is 9.67 Å². The van der Waals surface area contributed by atoms with Gasteiger partial charge in [0, 0.05) is 12.4 Å². The van der Waals surface area contributed by atoms with Crippen molar-refractivity contribution in [2.45, 2.75) is 0 Å². The van der Waals surface area contributed by atoms with Gasteiger partial charge in [-0.05, 0) is 24.3 Å². The summed E-state index contributed by atoms with van der Waals surface area (Å²) in [6.07, 6.45) is 3.66. The molecule has 0 amide bonds. The van der Waals surface area contributed by atoms with E-state index in [1.165, 1.54) is 11.3 Å². The van der Waals surface area contributed by atoms with Gasteiger partial charge >= 0.3 is 0 Å². The molecule has 15 heavy (non-hydrogen) atoms. The van der Waals surface area contributed by atoms with Crippen LogP contribution in [0.25, 0.3) is 15.9 Å². The summed E-state index contributed by atoms with van der Waals surface area (Å²) < 4.78 is 2.90. The van der Waals surface area contributed by atoms with E-state index in [9.17, 15) is 0 Å². The van der Waals surface area contributed by atoms with E-state index in [1.54, 1.807) is 6.20 Å². The number of anilines is 1. The average Bonchev–Trinajstić information content (AvgIpc) is 2.82. The first-order valence-electron chi connectivity index (χ1n) is 4.49. The number of thiazole rings is 1. The number of fused-ring (bicyclic) bond motifs is 1. The van der Waals surface area contributed by atoms with Crippen LogP contribution in [0, 0.1) is 0 Å². The number of aromatic nitrogens is 3. The first-order chi connectivity index (χ1) is 7.33. The number of hydrogen-bond donors (Lipinski definition) is 1. The van der Waals surface area contributed by atoms with E-state index in [0.29, 0.717) is 5.13 Å². The minimum absolute atomic E-state index is 0.600. The Morgan fingerprint density at radius 3 is 3.07 bits per heavy atom. The monoisotopic (exact) mass is 216 g/mol. The van der Waals surface area contributed by atoms with Crippen molar-refractivity contribution >= 4 is 26.7 Å². The lowest BCUT2D eigenvalue weighted by atomic mass is 10.3. The van der Waals surface area contributed by atoms with E-state index < -0.39 is 0 Å². The summed E-state index contributed by atoms with van der Waals surface area (Å²) in [7, 11) is 0. The lowest BCUT2D eigenvalue weighted by Crippen LogP contribution is -1.92. The van der Waals surface area contributed by atoms with Gasteiger partial charge in [-0.15, -0.1) is 0 Å². The molecule has 0 spiro atoms. The second-order valence-corrected chi connectivity index (χ2v) is 4.22. The Kier molecular flexibility index (Phi) is 1.72. The van der Waals surface area contributed by atoms with Crippen molar-refractivity contribution in [3.63, 3.8) is 0 Å². The fraction of sp³-hybridized carbons (Fsp3) is 0. The summed E-state index contributed by atoms with van der Waals surface area (Å²) >= 11 is 1.49. The Bertz CT molecular complexity index is 597. The van der Waals surface area contributed by atoms with Gasteiger partial charge in [-0.1, -0.05) is 11.3 Å². The van der Waals surface area contributed by atoms with Crippen molar-refractivity contribution in [3.05, 3.63) is 36.7 Å². The summed E-state index contributed by atoms with van der Waals surface area (Å²) in [5, 5.41) is 4.77. The quantitative estimate of drug-likeness (QED) is 0.677. The molecule has 2 N–H and O–H groups in total. The first-order valence-corrected chi connectivity index (χ1v) is 5.31. The molecule has 2 aromatic heterocycles. The molecule has 0 radical (unpaired) electrons. The number of hydrogen-bond acceptors (Lipinski definition) is 4. The smallest absolute Gasteiger partial charge is 0.181 e. The van der Waals surface area contributed by atoms with Crippen LogP contribution < -0.4 is 5.73 Å². The summed E-state index contributed by atoms with van der Waals surface area (Å²) in [6, 6.07) is 7.87. The van der Waals surface area contributed by atoms with Crippen LogP contribution in [0.5, 0.6) is 0 Å². The highest BCUT2D eigenvalue weighted by Crippen LogP contribution is 2.25. The highest BCUT2D eigenvalue weighted by Gasteiger charge is 2.03. The SMILES string of the molecule is Nc1nc2ccc(-n3cccn3)cc2s1. The van der Waals surface area contributed by atoms with Crippen LogP contribution in [0.15, 0.2) is 36.7 Å². The van der Waals surface area contributed by atoms with Crippen LogP contribution in [-0.4, -0.2) is 14.8 Å². The van der Waals surface area contributed by atoms with Crippen LogP contribution in [0.4, 0.5) is 5.13 Å². The third kappa shape index (κ3) is 1.37. The Morgan fingerprint density at radius 1 is 1.33 bits per heavy atom. The molecule has 0 fully saturated rings. The van der Waals surface area contributed by atoms with E-state index in [1.807, 2.05) is 35.1 Å². The predicted molar refractivity (Wildman–Crippen MR) is 61.2 cm³/mol. The van der Waals surface area contributed by atoms with Crippen molar-refractivity contribution in [1.29, 1.82) is 0 Å². The van der Waals surface area contributed by atoms with Crippen LogP contribution in [0.3, 0.4) is 0 Å². The third-order valence-electron chi connectivity index (χ3n) is 2.16. The topological polar surface area (TPSA) is 56.7 Å². The molecular formula is C10H8N4S. The first kappa shape index (κ1) is 8.43. The van der Waals surface area contributed by atoms with Crippen molar-refractivity contribution in [1.82, 2.24) is 14.8 Å². The molecule has 1 aromatic carbocycles. The number of rotatable bonds is 1. The molecule has 0 aliphatic rings. The molecule has 0 atom stereocenters. The van der Waals surface area contributed by atoms with Gasteiger partial charge in [0.25, 0.3) is 0 Å². The zero-order chi connectivity index (χ0) is 10.3. The number of nitrogens with two attached hydrogens (primary N) is 1. The lowest BCUT2D eigenvalue weighted by Gasteiger charge is -1.99. The number of nitrogen functional groups attached to an aromatic ring is 1. The van der Waals surface area contributed by atoms with Gasteiger partial charge in [-0.2, -0.15) is 5.10 Å². The number of benzene rings is 1. The molecular weight excluding hydrogens is 208 g/mol. The molecule has 74 valence electrons. The summed E-state index contributed by atoms with van der Waals surface area (Å²) in [5.41, 5.74) is 7.61. The third-order valence-corrected chi connectivity index (χ3v) is 3.00. The molecule has 0 unspecified atom stereocenters. The van der Waals surface area contributed by atoms with Crippen LogP contribution in [0.1, 0.15) is 0 Å². The minimum Gasteiger partial charge on any atom is -0.375 e. The zero-order valence-corrected chi connectivity index (χ0v) is 8.61. The molecule has 2 heterocycles. The summed E-state index contributed by atoms with van der Waals surface area (Å²) in [4.78, 5) is 4.20. The minimum atomic E-state index is 0.600. The molecule has 3 rings (SSSR count). The summed E-state index contributed by atoms with van der Waals surface area (Å²) in [6.45, 7) is 0. The van der Waals surface area contributed by atoms with E-state index in [0.717, 1.165) is 15.9 Å². The Labute approximate surface area is 90.0 Å². The lowest BCUT2D eigenvalue weighted by molar-refractivity contribution is 0.882. The fourth-order valence-corrected chi connectivity index (χ4v) is 2.26. The van der Waals surface area contributed by atoms with Gasteiger partial charge in [-0.3, -0.25) is 0 Å². The fourth-order valence-electron chi connectivity index (χ4n) is 1.50. The van der Waals surface area contributed by atoms with Crippen molar-refractivity contribution in [2.24, 2.45) is 0 Å². The molecule has 0 aliphatic heterocycles. The van der Waals surface area contributed by atoms with E-state index >= 15 is 0 Å². The second-order valence-electron chi connectivity index (χ2n) is 3.15. The molecule has 0 saturated carbocycles. The maximum absolute atomic E-state index is 5.64. The second kappa shape index (κ2) is 3.06. The molecule has 5 heteroatoms. The predicted octanol–water partition coefficient (Wildman–Crippen LogP) is 2.06. The van der Waals surface area contributed by atoms with E-state index in [2.05, 4.69) is 10.1 Å². The maximum Gasteiger partial charge on any atom is 0.181 e. The molecule has 0 saturated heterocycles. The highest BCUT2D eigenvalue weighted by molar-refractivity contribution is 7.22. The van der Waals surface area contributed by atoms with Crippen molar-refractivity contribution in [2.75, 3.05) is 5.73 Å². The molecule has 3 aromatic rings. The Morgan fingerprint density at radius 2 is 2.27 bits per heavy atom. The van der Waals surface area contributed by atoms with Gasteiger partial charge in [0.1, 0.15) is 0 Å². The van der Waals surface area contributed by atoms with Crippen molar-refractivity contribution in [3.8, 4) is 5.69 Å². The standard InChI is InChI=1S/C10H8N4S/c11-10-13-8-3-2-7(6-9(8)15-10)14-5-1-4-12-14/h1-6H,(H2,11,13). The Balaban J connectivity index is 2.21. The van der Waals surface area contributed by atoms with Crippen LogP contribution >= 0.6 is 11.3 Å². The number of nitrogens with zero attached hydrogens (tertiary/aromatic N) is 3. The van der Waals surface area contributed by atoms with Gasteiger partial charge in [0.05, 0.1) is 15.9 Å². The van der Waals surface area contributed by atoms with Gasteiger partial charge < -0.3 is 5.73 Å².